The molecule has 1 saturated heterocycles. The van der Waals surface area contributed by atoms with Crippen LogP contribution in [0, 0.1) is 0 Å². The molecule has 1 atom stereocenters. The van der Waals surface area contributed by atoms with Crippen molar-refractivity contribution in [2.75, 3.05) is 19.6 Å². The van der Waals surface area contributed by atoms with Gasteiger partial charge in [0.05, 0.1) is 6.42 Å². The first-order valence-corrected chi connectivity index (χ1v) is 6.59. The quantitative estimate of drug-likeness (QED) is 0.880. The Bertz CT molecular complexity index is 593. The van der Waals surface area contributed by atoms with Gasteiger partial charge in [-0.1, -0.05) is 17.3 Å². The Balaban J connectivity index is 1.79. The lowest BCUT2D eigenvalue weighted by molar-refractivity contribution is -0.133. The van der Waals surface area contributed by atoms with Gasteiger partial charge in [0.25, 0.3) is 0 Å². The van der Waals surface area contributed by atoms with E-state index in [1.54, 1.807) is 0 Å². The van der Waals surface area contributed by atoms with E-state index < -0.39 is 0 Å². The van der Waals surface area contributed by atoms with Crippen molar-refractivity contribution in [2.45, 2.75) is 19.4 Å². The van der Waals surface area contributed by atoms with Crippen LogP contribution in [0.3, 0.4) is 0 Å². The number of benzene rings is 1. The average molecular weight is 259 g/mol. The maximum Gasteiger partial charge on any atom is 0.229 e. The predicted octanol–water partition coefficient (Wildman–Crippen LogP) is 1.19. The van der Waals surface area contributed by atoms with E-state index in [1.807, 2.05) is 29.2 Å². The Kier molecular flexibility index (Phi) is 3.21. The van der Waals surface area contributed by atoms with Crippen molar-refractivity contribution in [3.05, 3.63) is 30.0 Å². The van der Waals surface area contributed by atoms with Gasteiger partial charge in [0, 0.05) is 31.1 Å². The maximum absolute atomic E-state index is 12.3. The lowest BCUT2D eigenvalue weighted by Crippen LogP contribution is -2.52. The molecule has 1 amide bonds. The smallest absolute Gasteiger partial charge is 0.229 e. The summed E-state index contributed by atoms with van der Waals surface area (Å²) in [5, 5.41) is 8.23. The number of hydrogen-bond acceptors (Lipinski definition) is 4. The summed E-state index contributed by atoms with van der Waals surface area (Å²) in [6.07, 6.45) is 0.307. The molecular formula is C14H17N3O2. The Hall–Kier alpha value is -1.88. The first-order valence-electron chi connectivity index (χ1n) is 6.59. The van der Waals surface area contributed by atoms with Gasteiger partial charge in [0.15, 0.2) is 5.58 Å². The highest BCUT2D eigenvalue weighted by molar-refractivity contribution is 5.86. The van der Waals surface area contributed by atoms with E-state index in [4.69, 9.17) is 4.52 Å². The lowest BCUT2D eigenvalue weighted by Gasteiger charge is -2.33. The largest absolute Gasteiger partial charge is 0.356 e. The summed E-state index contributed by atoms with van der Waals surface area (Å²) in [4.78, 5) is 14.3. The van der Waals surface area contributed by atoms with Crippen LogP contribution in [0.4, 0.5) is 0 Å². The molecule has 19 heavy (non-hydrogen) atoms. The van der Waals surface area contributed by atoms with E-state index in [0.29, 0.717) is 6.42 Å². The van der Waals surface area contributed by atoms with Crippen molar-refractivity contribution in [3.8, 4) is 0 Å². The van der Waals surface area contributed by atoms with E-state index >= 15 is 0 Å². The van der Waals surface area contributed by atoms with E-state index in [2.05, 4.69) is 17.4 Å². The molecule has 1 N–H and O–H groups in total. The minimum atomic E-state index is 0.119. The molecule has 0 bridgehead atoms. The van der Waals surface area contributed by atoms with Crippen LogP contribution in [0.25, 0.3) is 11.0 Å². The zero-order chi connectivity index (χ0) is 13.2. The average Bonchev–Trinajstić information content (AvgIpc) is 2.83. The molecule has 0 aliphatic carbocycles. The first-order chi connectivity index (χ1) is 9.25. The fourth-order valence-electron chi connectivity index (χ4n) is 2.52. The predicted molar refractivity (Wildman–Crippen MR) is 71.8 cm³/mol. The molecule has 5 nitrogen and oxygen atoms in total. The molecule has 5 heteroatoms. The van der Waals surface area contributed by atoms with Crippen LogP contribution in [0.15, 0.2) is 28.8 Å². The molecule has 1 aromatic heterocycles. The van der Waals surface area contributed by atoms with E-state index in [1.165, 1.54) is 0 Å². The van der Waals surface area contributed by atoms with E-state index in [9.17, 15) is 4.79 Å². The third kappa shape index (κ3) is 2.33. The molecule has 1 aliphatic rings. The number of nitrogens with zero attached hydrogens (tertiary/aromatic N) is 2. The van der Waals surface area contributed by atoms with Gasteiger partial charge < -0.3 is 14.7 Å². The number of para-hydroxylation sites is 1. The van der Waals surface area contributed by atoms with Crippen LogP contribution >= 0.6 is 0 Å². The molecule has 0 spiro atoms. The highest BCUT2D eigenvalue weighted by Crippen LogP contribution is 2.19. The van der Waals surface area contributed by atoms with Crippen molar-refractivity contribution < 1.29 is 9.32 Å². The summed E-state index contributed by atoms with van der Waals surface area (Å²) in [6, 6.07) is 7.87. The first kappa shape index (κ1) is 12.2. The summed E-state index contributed by atoms with van der Waals surface area (Å²) in [5.74, 6) is 0.119. The van der Waals surface area contributed by atoms with E-state index in [0.717, 1.165) is 36.3 Å². The minimum absolute atomic E-state index is 0.119. The molecule has 1 aliphatic heterocycles. The van der Waals surface area contributed by atoms with Gasteiger partial charge in [-0.15, -0.1) is 0 Å². The Labute approximate surface area is 111 Å². The van der Waals surface area contributed by atoms with Crippen LogP contribution in [0.1, 0.15) is 12.6 Å². The molecule has 0 saturated carbocycles. The van der Waals surface area contributed by atoms with Gasteiger partial charge in [-0.25, -0.2) is 0 Å². The van der Waals surface area contributed by atoms with Crippen molar-refractivity contribution in [1.82, 2.24) is 15.4 Å². The fraction of sp³-hybridized carbons (Fsp3) is 0.429. The molecule has 1 aromatic carbocycles. The SMILES string of the molecule is CC1CNCCN1C(=O)Cc1noc2ccccc12. The van der Waals surface area contributed by atoms with Crippen LogP contribution in [0.5, 0.6) is 0 Å². The van der Waals surface area contributed by atoms with Gasteiger partial charge in [0.1, 0.15) is 5.69 Å². The summed E-state index contributed by atoms with van der Waals surface area (Å²) in [6.45, 7) is 4.53. The highest BCUT2D eigenvalue weighted by Gasteiger charge is 2.24. The number of aromatic nitrogens is 1. The van der Waals surface area contributed by atoms with Gasteiger partial charge in [-0.05, 0) is 19.1 Å². The maximum atomic E-state index is 12.3. The van der Waals surface area contributed by atoms with Crippen molar-refractivity contribution in [1.29, 1.82) is 0 Å². The number of nitrogens with one attached hydrogen (secondary N) is 1. The molecular weight excluding hydrogens is 242 g/mol. The minimum Gasteiger partial charge on any atom is -0.356 e. The van der Waals surface area contributed by atoms with Crippen molar-refractivity contribution in [3.63, 3.8) is 0 Å². The summed E-state index contributed by atoms with van der Waals surface area (Å²) in [5.41, 5.74) is 1.46. The lowest BCUT2D eigenvalue weighted by atomic mass is 10.1. The van der Waals surface area contributed by atoms with Crippen molar-refractivity contribution in [2.24, 2.45) is 0 Å². The Morgan fingerprint density at radius 1 is 1.53 bits per heavy atom. The third-order valence-electron chi connectivity index (χ3n) is 3.59. The Morgan fingerprint density at radius 3 is 3.21 bits per heavy atom. The number of hydrogen-bond donors (Lipinski definition) is 1. The highest BCUT2D eigenvalue weighted by atomic mass is 16.5. The van der Waals surface area contributed by atoms with Crippen LogP contribution in [0.2, 0.25) is 0 Å². The Morgan fingerprint density at radius 2 is 2.37 bits per heavy atom. The monoisotopic (exact) mass is 259 g/mol. The number of piperazine rings is 1. The topological polar surface area (TPSA) is 58.4 Å². The second kappa shape index (κ2) is 5.01. The number of fused-ring (bicyclic) bond motifs is 1. The third-order valence-corrected chi connectivity index (χ3v) is 3.59. The van der Waals surface area contributed by atoms with Crippen LogP contribution in [-0.2, 0) is 11.2 Å². The van der Waals surface area contributed by atoms with Gasteiger partial charge in [0.2, 0.25) is 5.91 Å². The zero-order valence-electron chi connectivity index (χ0n) is 10.9. The number of carbonyl (C=O) groups is 1. The van der Waals surface area contributed by atoms with Gasteiger partial charge in [-0.3, -0.25) is 4.79 Å². The van der Waals surface area contributed by atoms with Crippen LogP contribution < -0.4 is 5.32 Å². The second-order valence-corrected chi connectivity index (χ2v) is 4.94. The van der Waals surface area contributed by atoms with Crippen molar-refractivity contribution >= 4 is 16.9 Å². The fourth-order valence-corrected chi connectivity index (χ4v) is 2.52. The number of rotatable bonds is 2. The number of carbonyl (C=O) groups excluding carboxylic acids is 1. The molecule has 2 aromatic rings. The van der Waals surface area contributed by atoms with Gasteiger partial charge in [-0.2, -0.15) is 0 Å². The van der Waals surface area contributed by atoms with E-state index in [-0.39, 0.29) is 11.9 Å². The molecule has 3 rings (SSSR count). The molecule has 2 heterocycles. The van der Waals surface area contributed by atoms with Gasteiger partial charge >= 0.3 is 0 Å². The standard InChI is InChI=1S/C14H17N3O2/c1-10-9-15-6-7-17(10)14(18)8-12-11-4-2-3-5-13(11)19-16-12/h2-5,10,15H,6-9H2,1H3. The molecule has 0 radical (unpaired) electrons. The molecule has 1 fully saturated rings. The second-order valence-electron chi connectivity index (χ2n) is 4.94. The zero-order valence-corrected chi connectivity index (χ0v) is 10.9. The normalized spacial score (nSPS) is 19.8. The molecule has 1 unspecified atom stereocenters. The molecule has 100 valence electrons. The summed E-state index contributed by atoms with van der Waals surface area (Å²) < 4.78 is 5.23. The summed E-state index contributed by atoms with van der Waals surface area (Å²) in [7, 11) is 0. The number of amides is 1. The summed E-state index contributed by atoms with van der Waals surface area (Å²) >= 11 is 0. The van der Waals surface area contributed by atoms with Crippen LogP contribution in [-0.4, -0.2) is 41.6 Å².